The van der Waals surface area contributed by atoms with Crippen LogP contribution in [0.3, 0.4) is 0 Å². The van der Waals surface area contributed by atoms with Crippen LogP contribution in [-0.4, -0.2) is 55.9 Å². The van der Waals surface area contributed by atoms with Gasteiger partial charge >= 0.3 is 0 Å². The number of benzene rings is 2. The van der Waals surface area contributed by atoms with E-state index in [0.29, 0.717) is 19.3 Å². The van der Waals surface area contributed by atoms with Crippen LogP contribution in [0.25, 0.3) is 10.8 Å². The molecule has 0 spiro atoms. The van der Waals surface area contributed by atoms with Crippen molar-refractivity contribution in [2.75, 3.05) is 44.9 Å². The van der Waals surface area contributed by atoms with E-state index in [1.165, 1.54) is 22.0 Å². The van der Waals surface area contributed by atoms with E-state index in [1.807, 2.05) is 12.4 Å². The maximum Gasteiger partial charge on any atom is 0.203 e. The van der Waals surface area contributed by atoms with E-state index >= 15 is 0 Å². The van der Waals surface area contributed by atoms with Gasteiger partial charge in [-0.05, 0) is 36.8 Å². The molecule has 1 unspecified atom stereocenters. The standard InChI is InChI=1S/C24H27N3O3/c1-17-15-27(21-5-3-4-19-14-25-7-6-20(19)21)9-8-26(17)16-18-12-22(28-2)24-23(13-18)29-10-11-30-24/h3-7,12-14,17H,8-11,15-16H2,1-2H3. The molecule has 2 aliphatic rings. The van der Waals surface area contributed by atoms with Gasteiger partial charge in [-0.2, -0.15) is 0 Å². The number of aromatic nitrogens is 1. The first-order chi connectivity index (χ1) is 14.7. The fourth-order valence-electron chi connectivity index (χ4n) is 4.48. The largest absolute Gasteiger partial charge is 0.493 e. The summed E-state index contributed by atoms with van der Waals surface area (Å²) in [5, 5.41) is 2.46. The summed E-state index contributed by atoms with van der Waals surface area (Å²) in [5.41, 5.74) is 2.48. The smallest absolute Gasteiger partial charge is 0.203 e. The van der Waals surface area contributed by atoms with Gasteiger partial charge in [0.15, 0.2) is 11.5 Å². The van der Waals surface area contributed by atoms with Crippen LogP contribution in [0.1, 0.15) is 12.5 Å². The van der Waals surface area contributed by atoms with Crippen molar-refractivity contribution >= 4 is 16.5 Å². The van der Waals surface area contributed by atoms with Crippen molar-refractivity contribution in [3.63, 3.8) is 0 Å². The molecule has 6 nitrogen and oxygen atoms in total. The molecule has 0 saturated carbocycles. The minimum absolute atomic E-state index is 0.426. The van der Waals surface area contributed by atoms with Crippen LogP contribution in [0.2, 0.25) is 0 Å². The summed E-state index contributed by atoms with van der Waals surface area (Å²) in [7, 11) is 1.68. The number of rotatable bonds is 4. The summed E-state index contributed by atoms with van der Waals surface area (Å²) in [4.78, 5) is 9.28. The fraction of sp³-hybridized carbons (Fsp3) is 0.375. The minimum Gasteiger partial charge on any atom is -0.493 e. The zero-order chi connectivity index (χ0) is 20.5. The molecule has 2 aromatic carbocycles. The van der Waals surface area contributed by atoms with Crippen LogP contribution in [-0.2, 0) is 6.54 Å². The van der Waals surface area contributed by atoms with Gasteiger partial charge < -0.3 is 19.1 Å². The van der Waals surface area contributed by atoms with E-state index in [9.17, 15) is 0 Å². The summed E-state index contributed by atoms with van der Waals surface area (Å²) in [6.45, 7) is 7.28. The Hall–Kier alpha value is -2.99. The lowest BCUT2D eigenvalue weighted by Gasteiger charge is -2.41. The Balaban J connectivity index is 1.33. The van der Waals surface area contributed by atoms with Crippen LogP contribution in [0.15, 0.2) is 48.8 Å². The lowest BCUT2D eigenvalue weighted by molar-refractivity contribution is 0.162. The summed E-state index contributed by atoms with van der Waals surface area (Å²) >= 11 is 0. The predicted molar refractivity (Wildman–Crippen MR) is 118 cm³/mol. The Kier molecular flexibility index (Phi) is 5.09. The second-order valence-corrected chi connectivity index (χ2v) is 7.96. The van der Waals surface area contributed by atoms with Crippen LogP contribution in [0, 0.1) is 0 Å². The second kappa shape index (κ2) is 8.03. The van der Waals surface area contributed by atoms with Crippen LogP contribution < -0.4 is 19.1 Å². The molecular weight excluding hydrogens is 378 g/mol. The SMILES string of the molecule is COc1cc(CN2CCN(c3cccc4cnccc34)CC2C)cc2c1OCCO2. The molecule has 156 valence electrons. The summed E-state index contributed by atoms with van der Waals surface area (Å²) < 4.78 is 17.1. The summed E-state index contributed by atoms with van der Waals surface area (Å²) in [6, 6.07) is 13.2. The van der Waals surface area contributed by atoms with Crippen LogP contribution in [0.5, 0.6) is 17.2 Å². The van der Waals surface area contributed by atoms with Crippen molar-refractivity contribution < 1.29 is 14.2 Å². The molecule has 1 fully saturated rings. The quantitative estimate of drug-likeness (QED) is 0.659. The van der Waals surface area contributed by atoms with Crippen molar-refractivity contribution in [3.8, 4) is 17.2 Å². The zero-order valence-corrected chi connectivity index (χ0v) is 17.5. The van der Waals surface area contributed by atoms with E-state index in [1.54, 1.807) is 7.11 Å². The molecule has 1 saturated heterocycles. The minimum atomic E-state index is 0.426. The molecule has 0 amide bonds. The molecule has 30 heavy (non-hydrogen) atoms. The highest BCUT2D eigenvalue weighted by atomic mass is 16.6. The Morgan fingerprint density at radius 1 is 1.13 bits per heavy atom. The van der Waals surface area contributed by atoms with Gasteiger partial charge in [-0.15, -0.1) is 0 Å². The molecule has 0 radical (unpaired) electrons. The van der Waals surface area contributed by atoms with Gasteiger partial charge in [0.2, 0.25) is 5.75 Å². The molecule has 0 N–H and O–H groups in total. The molecule has 1 atom stereocenters. The number of pyridine rings is 1. The zero-order valence-electron chi connectivity index (χ0n) is 17.5. The number of ether oxygens (including phenoxy) is 3. The molecule has 0 aliphatic carbocycles. The third-order valence-corrected chi connectivity index (χ3v) is 6.04. The lowest BCUT2D eigenvalue weighted by Crippen LogP contribution is -2.51. The fourth-order valence-corrected chi connectivity index (χ4v) is 4.48. The van der Waals surface area contributed by atoms with Crippen molar-refractivity contribution in [1.29, 1.82) is 0 Å². The summed E-state index contributed by atoms with van der Waals surface area (Å²) in [6.07, 6.45) is 3.81. The monoisotopic (exact) mass is 405 g/mol. The van der Waals surface area contributed by atoms with Crippen molar-refractivity contribution in [2.45, 2.75) is 19.5 Å². The molecular formula is C24H27N3O3. The normalized spacial score (nSPS) is 19.1. The molecule has 3 heterocycles. The third-order valence-electron chi connectivity index (χ3n) is 6.04. The van der Waals surface area contributed by atoms with Gasteiger partial charge in [0.05, 0.1) is 7.11 Å². The van der Waals surface area contributed by atoms with Gasteiger partial charge in [0, 0.05) is 61.1 Å². The highest BCUT2D eigenvalue weighted by molar-refractivity contribution is 5.93. The van der Waals surface area contributed by atoms with E-state index in [0.717, 1.165) is 43.4 Å². The Bertz CT molecular complexity index is 1030. The number of hydrogen-bond donors (Lipinski definition) is 0. The number of nitrogens with zero attached hydrogens (tertiary/aromatic N) is 3. The maximum absolute atomic E-state index is 5.80. The first-order valence-electron chi connectivity index (χ1n) is 10.5. The van der Waals surface area contributed by atoms with E-state index in [2.05, 4.69) is 58.1 Å². The van der Waals surface area contributed by atoms with Crippen LogP contribution in [0.4, 0.5) is 5.69 Å². The lowest BCUT2D eigenvalue weighted by atomic mass is 10.1. The van der Waals surface area contributed by atoms with E-state index in [-0.39, 0.29) is 0 Å². The van der Waals surface area contributed by atoms with Gasteiger partial charge in [-0.1, -0.05) is 12.1 Å². The number of anilines is 1. The number of hydrogen-bond acceptors (Lipinski definition) is 6. The highest BCUT2D eigenvalue weighted by Gasteiger charge is 2.26. The molecule has 2 aliphatic heterocycles. The number of methoxy groups -OCH3 is 1. The topological polar surface area (TPSA) is 47.1 Å². The van der Waals surface area contributed by atoms with Gasteiger partial charge in [-0.3, -0.25) is 9.88 Å². The first kappa shape index (κ1) is 19.0. The number of fused-ring (bicyclic) bond motifs is 2. The average Bonchev–Trinajstić information content (AvgIpc) is 2.79. The van der Waals surface area contributed by atoms with Gasteiger partial charge in [-0.25, -0.2) is 0 Å². The number of piperazine rings is 1. The van der Waals surface area contributed by atoms with Gasteiger partial charge in [0.25, 0.3) is 0 Å². The van der Waals surface area contributed by atoms with E-state index < -0.39 is 0 Å². The predicted octanol–water partition coefficient (Wildman–Crippen LogP) is 3.73. The first-order valence-corrected chi connectivity index (χ1v) is 10.5. The molecule has 3 aromatic rings. The van der Waals surface area contributed by atoms with Crippen LogP contribution >= 0.6 is 0 Å². The molecule has 6 heteroatoms. The summed E-state index contributed by atoms with van der Waals surface area (Å²) in [5.74, 6) is 2.25. The van der Waals surface area contributed by atoms with Gasteiger partial charge in [0.1, 0.15) is 13.2 Å². The third kappa shape index (κ3) is 3.52. The van der Waals surface area contributed by atoms with E-state index in [4.69, 9.17) is 14.2 Å². The Morgan fingerprint density at radius 2 is 2.03 bits per heavy atom. The highest BCUT2D eigenvalue weighted by Crippen LogP contribution is 2.41. The Morgan fingerprint density at radius 3 is 2.90 bits per heavy atom. The van der Waals surface area contributed by atoms with Crippen molar-refractivity contribution in [2.24, 2.45) is 0 Å². The van der Waals surface area contributed by atoms with Crippen molar-refractivity contribution in [1.82, 2.24) is 9.88 Å². The molecule has 0 bridgehead atoms. The molecule has 1 aromatic heterocycles. The second-order valence-electron chi connectivity index (χ2n) is 7.96. The Labute approximate surface area is 177 Å². The molecule has 5 rings (SSSR count). The average molecular weight is 405 g/mol. The van der Waals surface area contributed by atoms with Crippen molar-refractivity contribution in [3.05, 3.63) is 54.4 Å². The maximum atomic E-state index is 5.80.